The summed E-state index contributed by atoms with van der Waals surface area (Å²) >= 11 is 14.9. The zero-order valence-electron chi connectivity index (χ0n) is 9.69. The molecule has 1 aromatic heterocycles. The van der Waals surface area contributed by atoms with Gasteiger partial charge < -0.3 is 0 Å². The molecule has 2 aromatic rings. The number of nitrogens with zero attached hydrogens (tertiary/aromatic N) is 1. The minimum Gasteiger partial charge on any atom is -0.235 e. The Hall–Kier alpha value is -0.620. The van der Waals surface area contributed by atoms with Gasteiger partial charge in [0.2, 0.25) is 0 Å². The fraction of sp³-hybridized carbons (Fsp3) is 0.0833. The first kappa shape index (κ1) is 14.8. The van der Waals surface area contributed by atoms with Crippen molar-refractivity contribution < 1.29 is 8.42 Å². The van der Waals surface area contributed by atoms with Gasteiger partial charge in [0.05, 0.1) is 5.52 Å². The van der Waals surface area contributed by atoms with E-state index in [-0.39, 0.29) is 8.97 Å². The lowest BCUT2D eigenvalue weighted by Gasteiger charge is -2.03. The third-order valence-electron chi connectivity index (χ3n) is 2.38. The number of benzene rings is 1. The highest BCUT2D eigenvalue weighted by Crippen LogP contribution is 2.27. The van der Waals surface area contributed by atoms with E-state index in [1.165, 1.54) is 6.08 Å². The predicted octanol–water partition coefficient (Wildman–Crippen LogP) is 4.28. The van der Waals surface area contributed by atoms with Crippen molar-refractivity contribution in [2.45, 2.75) is 0 Å². The van der Waals surface area contributed by atoms with Gasteiger partial charge in [0.15, 0.2) is 9.84 Å². The lowest BCUT2D eigenvalue weighted by Crippen LogP contribution is -1.94. The summed E-state index contributed by atoms with van der Waals surface area (Å²) in [4.78, 5) is 4.20. The van der Waals surface area contributed by atoms with Gasteiger partial charge in [-0.15, -0.1) is 0 Å². The number of pyridine rings is 1. The molecule has 0 N–H and O–H groups in total. The first-order valence-electron chi connectivity index (χ1n) is 5.10. The van der Waals surface area contributed by atoms with Gasteiger partial charge in [-0.3, -0.25) is 0 Å². The Morgan fingerprint density at radius 1 is 1.32 bits per heavy atom. The molecule has 0 fully saturated rings. The van der Waals surface area contributed by atoms with Gasteiger partial charge in [-0.05, 0) is 46.3 Å². The number of sulfone groups is 1. The summed E-state index contributed by atoms with van der Waals surface area (Å²) in [7, 11) is -3.31. The standard InChI is InChI=1S/C12H8BrCl2NO2S/c1-19(17,18)11(13)6-8-4-7-5-9(14)2-3-10(7)16-12(8)15/h2-6H,1H3/b11-6+. The molecule has 0 aliphatic rings. The van der Waals surface area contributed by atoms with Crippen molar-refractivity contribution in [3.8, 4) is 0 Å². The van der Waals surface area contributed by atoms with Crippen LogP contribution in [0.15, 0.2) is 28.1 Å². The van der Waals surface area contributed by atoms with Crippen molar-refractivity contribution in [2.75, 3.05) is 6.26 Å². The van der Waals surface area contributed by atoms with Crippen LogP contribution in [0.5, 0.6) is 0 Å². The van der Waals surface area contributed by atoms with Crippen molar-refractivity contribution in [3.05, 3.63) is 43.8 Å². The lowest BCUT2D eigenvalue weighted by atomic mass is 10.1. The molecule has 0 saturated carbocycles. The summed E-state index contributed by atoms with van der Waals surface area (Å²) in [5.74, 6) is 0. The van der Waals surface area contributed by atoms with Crippen LogP contribution >= 0.6 is 39.1 Å². The van der Waals surface area contributed by atoms with E-state index in [1.807, 2.05) is 0 Å². The van der Waals surface area contributed by atoms with E-state index in [4.69, 9.17) is 23.2 Å². The molecule has 0 radical (unpaired) electrons. The van der Waals surface area contributed by atoms with Gasteiger partial charge in [0.1, 0.15) is 8.97 Å². The Kier molecular flexibility index (Phi) is 4.20. The lowest BCUT2D eigenvalue weighted by molar-refractivity contribution is 0.610. The first-order chi connectivity index (χ1) is 8.77. The van der Waals surface area contributed by atoms with Gasteiger partial charge in [0, 0.05) is 22.2 Å². The topological polar surface area (TPSA) is 47.0 Å². The molecular weight excluding hydrogens is 373 g/mol. The molecule has 2 rings (SSSR count). The SMILES string of the molecule is CS(=O)(=O)/C(Br)=C/c1cc2cc(Cl)ccc2nc1Cl. The molecule has 0 saturated heterocycles. The van der Waals surface area contributed by atoms with Gasteiger partial charge in [-0.25, -0.2) is 13.4 Å². The normalized spacial score (nSPS) is 12.9. The second-order valence-corrected chi connectivity index (χ2v) is 8.08. The third-order valence-corrected chi connectivity index (χ3v) is 5.74. The molecule has 3 nitrogen and oxygen atoms in total. The van der Waals surface area contributed by atoms with Crippen LogP contribution in [-0.4, -0.2) is 19.7 Å². The van der Waals surface area contributed by atoms with Crippen molar-refractivity contribution in [3.63, 3.8) is 0 Å². The molecule has 1 aromatic carbocycles. The molecule has 0 atom stereocenters. The predicted molar refractivity (Wildman–Crippen MR) is 83.5 cm³/mol. The number of hydrogen-bond donors (Lipinski definition) is 0. The van der Waals surface area contributed by atoms with E-state index in [0.29, 0.717) is 16.1 Å². The van der Waals surface area contributed by atoms with Crippen LogP contribution in [0.25, 0.3) is 17.0 Å². The van der Waals surface area contributed by atoms with Crippen LogP contribution in [0.2, 0.25) is 10.2 Å². The number of hydrogen-bond acceptors (Lipinski definition) is 3. The van der Waals surface area contributed by atoms with Crippen molar-refractivity contribution in [1.82, 2.24) is 4.98 Å². The van der Waals surface area contributed by atoms with E-state index in [9.17, 15) is 8.42 Å². The second kappa shape index (κ2) is 5.40. The molecule has 0 aliphatic heterocycles. The van der Waals surface area contributed by atoms with E-state index in [2.05, 4.69) is 20.9 Å². The highest BCUT2D eigenvalue weighted by Gasteiger charge is 2.10. The minimum absolute atomic E-state index is 0.0464. The average molecular weight is 381 g/mol. The zero-order valence-corrected chi connectivity index (χ0v) is 13.6. The van der Waals surface area contributed by atoms with E-state index >= 15 is 0 Å². The maximum atomic E-state index is 11.4. The summed E-state index contributed by atoms with van der Waals surface area (Å²) in [6, 6.07) is 6.95. The Balaban J connectivity index is 2.65. The Bertz CT molecular complexity index is 788. The van der Waals surface area contributed by atoms with Crippen LogP contribution in [-0.2, 0) is 9.84 Å². The summed E-state index contributed by atoms with van der Waals surface area (Å²) < 4.78 is 22.8. The van der Waals surface area contributed by atoms with E-state index < -0.39 is 9.84 Å². The molecular formula is C12H8BrCl2NO2S. The zero-order chi connectivity index (χ0) is 14.2. The monoisotopic (exact) mass is 379 g/mol. The van der Waals surface area contributed by atoms with Crippen LogP contribution < -0.4 is 0 Å². The van der Waals surface area contributed by atoms with Gasteiger partial charge in [0.25, 0.3) is 0 Å². The molecule has 19 heavy (non-hydrogen) atoms. The Morgan fingerprint density at radius 3 is 2.63 bits per heavy atom. The number of rotatable bonds is 2. The Morgan fingerprint density at radius 2 is 2.00 bits per heavy atom. The smallest absolute Gasteiger partial charge is 0.182 e. The van der Waals surface area contributed by atoms with Crippen LogP contribution in [0.4, 0.5) is 0 Å². The van der Waals surface area contributed by atoms with Crippen LogP contribution in [0.3, 0.4) is 0 Å². The molecule has 0 unspecified atom stereocenters. The highest BCUT2D eigenvalue weighted by atomic mass is 79.9. The summed E-state index contributed by atoms with van der Waals surface area (Å²) in [5, 5.41) is 1.60. The van der Waals surface area contributed by atoms with Gasteiger partial charge in [-0.1, -0.05) is 23.2 Å². The highest BCUT2D eigenvalue weighted by molar-refractivity contribution is 9.13. The number of fused-ring (bicyclic) bond motifs is 1. The number of halogens is 3. The maximum absolute atomic E-state index is 11.4. The molecule has 7 heteroatoms. The summed E-state index contributed by atoms with van der Waals surface area (Å²) in [5.41, 5.74) is 1.20. The maximum Gasteiger partial charge on any atom is 0.182 e. The van der Waals surface area contributed by atoms with E-state index in [1.54, 1.807) is 24.3 Å². The summed E-state index contributed by atoms with van der Waals surface area (Å²) in [6.07, 6.45) is 2.53. The molecule has 0 spiro atoms. The molecule has 100 valence electrons. The summed E-state index contributed by atoms with van der Waals surface area (Å²) in [6.45, 7) is 0. The minimum atomic E-state index is -3.31. The number of aromatic nitrogens is 1. The first-order valence-corrected chi connectivity index (χ1v) is 8.54. The fourth-order valence-electron chi connectivity index (χ4n) is 1.47. The molecule has 0 aliphatic carbocycles. The molecule has 0 amide bonds. The van der Waals surface area contributed by atoms with Crippen LogP contribution in [0.1, 0.15) is 5.56 Å². The third kappa shape index (κ3) is 3.48. The average Bonchev–Trinajstić information content (AvgIpc) is 2.29. The van der Waals surface area contributed by atoms with E-state index in [0.717, 1.165) is 11.6 Å². The second-order valence-electron chi connectivity index (χ2n) is 3.93. The quantitative estimate of drug-likeness (QED) is 0.730. The van der Waals surface area contributed by atoms with Gasteiger partial charge >= 0.3 is 0 Å². The van der Waals surface area contributed by atoms with Crippen molar-refractivity contribution in [1.29, 1.82) is 0 Å². The van der Waals surface area contributed by atoms with Gasteiger partial charge in [-0.2, -0.15) is 0 Å². The molecule has 1 heterocycles. The van der Waals surface area contributed by atoms with Crippen molar-refractivity contribution >= 4 is 65.9 Å². The largest absolute Gasteiger partial charge is 0.235 e. The fourth-order valence-corrected chi connectivity index (χ4v) is 2.44. The molecule has 0 bridgehead atoms. The van der Waals surface area contributed by atoms with Crippen LogP contribution in [0, 0.1) is 0 Å². The Labute approximate surface area is 129 Å². The van der Waals surface area contributed by atoms with Crippen molar-refractivity contribution in [2.24, 2.45) is 0 Å².